The third kappa shape index (κ3) is 2.43. The Kier molecular flexibility index (Phi) is 3.47. The van der Waals surface area contributed by atoms with Crippen LogP contribution >= 0.6 is 23.2 Å². The molecule has 6 nitrogen and oxygen atoms in total. The number of aromatic nitrogens is 3. The summed E-state index contributed by atoms with van der Waals surface area (Å²) < 4.78 is 27.7. The number of anilines is 1. The van der Waals surface area contributed by atoms with Crippen LogP contribution in [-0.4, -0.2) is 23.0 Å². The molecule has 0 radical (unpaired) electrons. The van der Waals surface area contributed by atoms with Gasteiger partial charge in [-0.3, -0.25) is 4.72 Å². The lowest BCUT2D eigenvalue weighted by Crippen LogP contribution is -2.14. The van der Waals surface area contributed by atoms with Gasteiger partial charge in [-0.15, -0.1) is 0 Å². The Morgan fingerprint density at radius 2 is 2.06 bits per heavy atom. The summed E-state index contributed by atoms with van der Waals surface area (Å²) in [6.07, 6.45) is 2.76. The van der Waals surface area contributed by atoms with Gasteiger partial charge in [0.2, 0.25) is 5.03 Å². The molecule has 0 saturated heterocycles. The molecular formula is C9H8Cl2N4O2S. The number of sulfonamides is 1. The molecule has 0 aliphatic carbocycles. The van der Waals surface area contributed by atoms with Crippen molar-refractivity contribution in [2.24, 2.45) is 7.05 Å². The second kappa shape index (κ2) is 4.75. The van der Waals surface area contributed by atoms with E-state index in [9.17, 15) is 8.42 Å². The molecule has 0 atom stereocenters. The Morgan fingerprint density at radius 3 is 2.61 bits per heavy atom. The Morgan fingerprint density at radius 1 is 1.33 bits per heavy atom. The minimum absolute atomic E-state index is 0.0162. The Balaban J connectivity index is 2.40. The molecule has 1 N–H and O–H groups in total. The molecule has 2 rings (SSSR count). The summed E-state index contributed by atoms with van der Waals surface area (Å²) in [4.78, 5) is 7.49. The van der Waals surface area contributed by atoms with Crippen LogP contribution in [0, 0.1) is 0 Å². The quantitative estimate of drug-likeness (QED) is 0.879. The molecule has 2 aromatic heterocycles. The number of imidazole rings is 1. The predicted molar refractivity (Wildman–Crippen MR) is 68.3 cm³/mol. The third-order valence-electron chi connectivity index (χ3n) is 2.09. The van der Waals surface area contributed by atoms with Gasteiger partial charge in [0.05, 0.1) is 12.0 Å². The number of hydrogen-bond acceptors (Lipinski definition) is 4. The molecule has 0 fully saturated rings. The fraction of sp³-hybridized carbons (Fsp3) is 0.111. The molecule has 0 spiro atoms. The standard InChI is InChI=1S/C9H8Cl2N4O2S/c1-15-5-13-9(8(15)11)18(16,17)14-6-3-2-4-12-7(6)10/h2-5,14H,1H3. The molecule has 0 aliphatic heterocycles. The highest BCUT2D eigenvalue weighted by Crippen LogP contribution is 2.24. The summed E-state index contributed by atoms with van der Waals surface area (Å²) in [6, 6.07) is 3.05. The van der Waals surface area contributed by atoms with E-state index >= 15 is 0 Å². The van der Waals surface area contributed by atoms with Crippen molar-refractivity contribution in [1.29, 1.82) is 0 Å². The summed E-state index contributed by atoms with van der Waals surface area (Å²) >= 11 is 11.6. The first-order valence-electron chi connectivity index (χ1n) is 4.72. The fourth-order valence-electron chi connectivity index (χ4n) is 1.23. The fourth-order valence-corrected chi connectivity index (χ4v) is 2.95. The van der Waals surface area contributed by atoms with E-state index in [-0.39, 0.29) is 21.0 Å². The highest BCUT2D eigenvalue weighted by Gasteiger charge is 2.23. The molecule has 0 bridgehead atoms. The van der Waals surface area contributed by atoms with Gasteiger partial charge in [-0.1, -0.05) is 23.2 Å². The van der Waals surface area contributed by atoms with Crippen LogP contribution in [0.25, 0.3) is 0 Å². The second-order valence-corrected chi connectivity index (χ2v) is 5.71. The molecule has 0 aliphatic rings. The lowest BCUT2D eigenvalue weighted by atomic mass is 10.4. The Labute approximate surface area is 114 Å². The minimum Gasteiger partial charge on any atom is -0.324 e. The maximum Gasteiger partial charge on any atom is 0.282 e. The zero-order chi connectivity index (χ0) is 13.3. The number of halogens is 2. The van der Waals surface area contributed by atoms with Crippen LogP contribution in [0.2, 0.25) is 10.3 Å². The average Bonchev–Trinajstić information content (AvgIpc) is 2.63. The third-order valence-corrected chi connectivity index (χ3v) is 4.25. The van der Waals surface area contributed by atoms with Crippen molar-refractivity contribution >= 4 is 38.9 Å². The SMILES string of the molecule is Cn1cnc(S(=O)(=O)Nc2cccnc2Cl)c1Cl. The van der Waals surface area contributed by atoms with Gasteiger partial charge in [-0.25, -0.2) is 9.97 Å². The molecule has 18 heavy (non-hydrogen) atoms. The van der Waals surface area contributed by atoms with Gasteiger partial charge >= 0.3 is 0 Å². The van der Waals surface area contributed by atoms with Gasteiger partial charge in [0, 0.05) is 13.2 Å². The number of hydrogen-bond donors (Lipinski definition) is 1. The van der Waals surface area contributed by atoms with Crippen molar-refractivity contribution in [1.82, 2.24) is 14.5 Å². The first-order valence-corrected chi connectivity index (χ1v) is 6.96. The van der Waals surface area contributed by atoms with E-state index in [1.165, 1.54) is 23.2 Å². The molecule has 0 aromatic carbocycles. The van der Waals surface area contributed by atoms with Crippen LogP contribution in [0.5, 0.6) is 0 Å². The molecular weight excluding hydrogens is 299 g/mol. The van der Waals surface area contributed by atoms with E-state index < -0.39 is 10.0 Å². The van der Waals surface area contributed by atoms with Gasteiger partial charge in [0.25, 0.3) is 10.0 Å². The Hall–Kier alpha value is -1.31. The lowest BCUT2D eigenvalue weighted by molar-refractivity contribution is 0.598. The van der Waals surface area contributed by atoms with Crippen LogP contribution < -0.4 is 4.72 Å². The Bertz CT molecular complexity index is 684. The van der Waals surface area contributed by atoms with Gasteiger partial charge in [-0.05, 0) is 12.1 Å². The largest absolute Gasteiger partial charge is 0.324 e. The maximum absolute atomic E-state index is 12.0. The van der Waals surface area contributed by atoms with Crippen molar-refractivity contribution in [3.63, 3.8) is 0 Å². The maximum atomic E-state index is 12.0. The summed E-state index contributed by atoms with van der Waals surface area (Å²) in [5.41, 5.74) is 0.167. The smallest absolute Gasteiger partial charge is 0.282 e. The summed E-state index contributed by atoms with van der Waals surface area (Å²) in [5, 5.41) is -0.192. The number of rotatable bonds is 3. The molecule has 96 valence electrons. The number of nitrogens with zero attached hydrogens (tertiary/aromatic N) is 3. The monoisotopic (exact) mass is 306 g/mol. The van der Waals surface area contributed by atoms with E-state index in [0.717, 1.165) is 0 Å². The van der Waals surface area contributed by atoms with Crippen LogP contribution in [0.3, 0.4) is 0 Å². The van der Waals surface area contributed by atoms with Gasteiger partial charge < -0.3 is 4.57 Å². The van der Waals surface area contributed by atoms with Crippen molar-refractivity contribution in [3.8, 4) is 0 Å². The number of aryl methyl sites for hydroxylation is 1. The second-order valence-electron chi connectivity index (χ2n) is 3.40. The van der Waals surface area contributed by atoms with Crippen molar-refractivity contribution in [3.05, 3.63) is 35.0 Å². The summed E-state index contributed by atoms with van der Waals surface area (Å²) in [5.74, 6) is 0. The molecule has 0 unspecified atom stereocenters. The van der Waals surface area contributed by atoms with Crippen LogP contribution in [0.4, 0.5) is 5.69 Å². The lowest BCUT2D eigenvalue weighted by Gasteiger charge is -2.07. The minimum atomic E-state index is -3.88. The van der Waals surface area contributed by atoms with E-state index in [1.807, 2.05) is 0 Å². The van der Waals surface area contributed by atoms with E-state index in [2.05, 4.69) is 14.7 Å². The topological polar surface area (TPSA) is 76.9 Å². The van der Waals surface area contributed by atoms with E-state index in [0.29, 0.717) is 0 Å². The highest BCUT2D eigenvalue weighted by molar-refractivity contribution is 7.92. The van der Waals surface area contributed by atoms with Crippen molar-refractivity contribution in [2.45, 2.75) is 5.03 Å². The molecule has 2 heterocycles. The highest BCUT2D eigenvalue weighted by atomic mass is 35.5. The first kappa shape index (κ1) is 13.1. The van der Waals surface area contributed by atoms with Crippen molar-refractivity contribution in [2.75, 3.05) is 4.72 Å². The molecule has 0 saturated carbocycles. The number of pyridine rings is 1. The zero-order valence-corrected chi connectivity index (χ0v) is 11.5. The van der Waals surface area contributed by atoms with Crippen LogP contribution in [0.15, 0.2) is 29.7 Å². The number of nitrogens with one attached hydrogen (secondary N) is 1. The summed E-state index contributed by atoms with van der Waals surface area (Å²) in [7, 11) is -2.30. The predicted octanol–water partition coefficient (Wildman–Crippen LogP) is 1.92. The van der Waals surface area contributed by atoms with E-state index in [1.54, 1.807) is 13.1 Å². The van der Waals surface area contributed by atoms with Gasteiger partial charge in [0.1, 0.15) is 5.15 Å². The van der Waals surface area contributed by atoms with Crippen molar-refractivity contribution < 1.29 is 8.42 Å². The normalized spacial score (nSPS) is 11.5. The molecule has 9 heteroatoms. The van der Waals surface area contributed by atoms with E-state index in [4.69, 9.17) is 23.2 Å². The summed E-state index contributed by atoms with van der Waals surface area (Å²) in [6.45, 7) is 0. The van der Waals surface area contributed by atoms with Crippen LogP contribution in [-0.2, 0) is 17.1 Å². The van der Waals surface area contributed by atoms with Gasteiger partial charge in [-0.2, -0.15) is 8.42 Å². The molecule has 0 amide bonds. The first-order chi connectivity index (χ1) is 8.42. The van der Waals surface area contributed by atoms with Gasteiger partial charge in [0.15, 0.2) is 5.15 Å². The zero-order valence-electron chi connectivity index (χ0n) is 9.13. The molecule has 2 aromatic rings. The van der Waals surface area contributed by atoms with Crippen LogP contribution in [0.1, 0.15) is 0 Å². The average molecular weight is 307 g/mol.